The standard InChI is InChI=1S/C19H24N4O3/c1-19(2,3)26-18(24)23-9-8-16-13(12-23)11-20-17(22-16)21-14-6-5-7-15(10-14)25-4/h5-7,10-11H,8-9,12H2,1-4H3,(H,20,21,22). The largest absolute Gasteiger partial charge is 0.497 e. The number of benzene rings is 1. The summed E-state index contributed by atoms with van der Waals surface area (Å²) in [4.78, 5) is 22.9. The van der Waals surface area contributed by atoms with Crippen LogP contribution in [0, 0.1) is 0 Å². The highest BCUT2D eigenvalue weighted by Crippen LogP contribution is 2.23. The molecule has 7 heteroatoms. The number of hydrogen-bond donors (Lipinski definition) is 1. The predicted octanol–water partition coefficient (Wildman–Crippen LogP) is 3.52. The average Bonchev–Trinajstić information content (AvgIpc) is 2.60. The Balaban J connectivity index is 1.69. The maximum absolute atomic E-state index is 12.2. The van der Waals surface area contributed by atoms with Crippen molar-refractivity contribution in [1.82, 2.24) is 14.9 Å². The van der Waals surface area contributed by atoms with E-state index in [0.29, 0.717) is 25.5 Å². The number of carbonyl (C=O) groups excluding carboxylic acids is 1. The second-order valence-electron chi connectivity index (χ2n) is 7.17. The summed E-state index contributed by atoms with van der Waals surface area (Å²) in [7, 11) is 1.63. The Kier molecular flexibility index (Phi) is 4.97. The zero-order valence-electron chi connectivity index (χ0n) is 15.6. The monoisotopic (exact) mass is 356 g/mol. The van der Waals surface area contributed by atoms with E-state index >= 15 is 0 Å². The summed E-state index contributed by atoms with van der Waals surface area (Å²) in [6.07, 6.45) is 2.13. The second kappa shape index (κ2) is 7.19. The Morgan fingerprint density at radius 3 is 2.85 bits per heavy atom. The molecule has 0 radical (unpaired) electrons. The van der Waals surface area contributed by atoms with Crippen LogP contribution in [0.25, 0.3) is 0 Å². The first-order chi connectivity index (χ1) is 12.3. The SMILES string of the molecule is COc1cccc(Nc2ncc3c(n2)CCN(C(=O)OC(C)(C)C)C3)c1. The molecule has 0 saturated carbocycles. The molecule has 138 valence electrons. The lowest BCUT2D eigenvalue weighted by atomic mass is 10.1. The minimum Gasteiger partial charge on any atom is -0.497 e. The predicted molar refractivity (Wildman–Crippen MR) is 98.7 cm³/mol. The van der Waals surface area contributed by atoms with Crippen LogP contribution in [0.1, 0.15) is 32.0 Å². The number of rotatable bonds is 3. The molecule has 0 unspecified atom stereocenters. The zero-order chi connectivity index (χ0) is 18.7. The van der Waals surface area contributed by atoms with Gasteiger partial charge >= 0.3 is 6.09 Å². The van der Waals surface area contributed by atoms with Crippen molar-refractivity contribution in [3.05, 3.63) is 41.7 Å². The van der Waals surface area contributed by atoms with Crippen LogP contribution in [0.4, 0.5) is 16.4 Å². The van der Waals surface area contributed by atoms with Crippen molar-refractivity contribution >= 4 is 17.7 Å². The summed E-state index contributed by atoms with van der Waals surface area (Å²) in [6.45, 7) is 6.63. The first-order valence-corrected chi connectivity index (χ1v) is 8.58. The molecule has 2 aromatic rings. The molecule has 26 heavy (non-hydrogen) atoms. The molecule has 1 aromatic heterocycles. The molecule has 0 atom stereocenters. The first-order valence-electron chi connectivity index (χ1n) is 8.58. The minimum atomic E-state index is -0.502. The molecule has 1 amide bonds. The van der Waals surface area contributed by atoms with Crippen molar-refractivity contribution in [2.75, 3.05) is 19.0 Å². The van der Waals surface area contributed by atoms with Crippen molar-refractivity contribution in [2.45, 2.75) is 39.3 Å². The Morgan fingerprint density at radius 2 is 2.12 bits per heavy atom. The molecular weight excluding hydrogens is 332 g/mol. The molecular formula is C19H24N4O3. The van der Waals surface area contributed by atoms with Crippen LogP contribution in [0.3, 0.4) is 0 Å². The topological polar surface area (TPSA) is 76.6 Å². The third-order valence-corrected chi connectivity index (χ3v) is 3.91. The summed E-state index contributed by atoms with van der Waals surface area (Å²) >= 11 is 0. The molecule has 0 bridgehead atoms. The van der Waals surface area contributed by atoms with Crippen molar-refractivity contribution < 1.29 is 14.3 Å². The van der Waals surface area contributed by atoms with E-state index < -0.39 is 5.60 Å². The van der Waals surface area contributed by atoms with Crippen molar-refractivity contribution in [3.8, 4) is 5.75 Å². The zero-order valence-corrected chi connectivity index (χ0v) is 15.6. The number of carbonyl (C=O) groups is 1. The fourth-order valence-corrected chi connectivity index (χ4v) is 2.69. The summed E-state index contributed by atoms with van der Waals surface area (Å²) in [5, 5.41) is 3.19. The van der Waals surface area contributed by atoms with Crippen LogP contribution in [0.2, 0.25) is 0 Å². The molecule has 0 fully saturated rings. The number of ether oxygens (including phenoxy) is 2. The van der Waals surface area contributed by atoms with Gasteiger partial charge in [-0.1, -0.05) is 6.07 Å². The van der Waals surface area contributed by atoms with Crippen LogP contribution >= 0.6 is 0 Å². The van der Waals surface area contributed by atoms with E-state index in [1.807, 2.05) is 45.0 Å². The number of nitrogens with zero attached hydrogens (tertiary/aromatic N) is 3. The van der Waals surface area contributed by atoms with Gasteiger partial charge in [-0.2, -0.15) is 0 Å². The fraction of sp³-hybridized carbons (Fsp3) is 0.421. The van der Waals surface area contributed by atoms with Crippen LogP contribution in [0.15, 0.2) is 30.5 Å². The van der Waals surface area contributed by atoms with Gasteiger partial charge < -0.3 is 19.7 Å². The number of aromatic nitrogens is 2. The smallest absolute Gasteiger partial charge is 0.410 e. The van der Waals surface area contributed by atoms with Gasteiger partial charge in [0.1, 0.15) is 11.4 Å². The average molecular weight is 356 g/mol. The van der Waals surface area contributed by atoms with E-state index in [-0.39, 0.29) is 6.09 Å². The number of amides is 1. The van der Waals surface area contributed by atoms with Crippen LogP contribution < -0.4 is 10.1 Å². The van der Waals surface area contributed by atoms with Gasteiger partial charge in [-0.3, -0.25) is 0 Å². The van der Waals surface area contributed by atoms with Crippen molar-refractivity contribution in [2.24, 2.45) is 0 Å². The van der Waals surface area contributed by atoms with Gasteiger partial charge in [-0.25, -0.2) is 14.8 Å². The van der Waals surface area contributed by atoms with E-state index in [2.05, 4.69) is 15.3 Å². The van der Waals surface area contributed by atoms with Gasteiger partial charge in [0.05, 0.1) is 19.3 Å². The normalized spacial score (nSPS) is 13.8. The van der Waals surface area contributed by atoms with E-state index in [4.69, 9.17) is 9.47 Å². The minimum absolute atomic E-state index is 0.304. The summed E-state index contributed by atoms with van der Waals surface area (Å²) in [5.41, 5.74) is 2.25. The highest BCUT2D eigenvalue weighted by atomic mass is 16.6. The summed E-state index contributed by atoms with van der Waals surface area (Å²) < 4.78 is 10.7. The van der Waals surface area contributed by atoms with Crippen LogP contribution in [-0.2, 0) is 17.7 Å². The first kappa shape index (κ1) is 18.0. The lowest BCUT2D eigenvalue weighted by molar-refractivity contribution is 0.0222. The quantitative estimate of drug-likeness (QED) is 0.907. The highest BCUT2D eigenvalue weighted by molar-refractivity contribution is 5.68. The fourth-order valence-electron chi connectivity index (χ4n) is 2.69. The molecule has 2 heterocycles. The number of hydrogen-bond acceptors (Lipinski definition) is 6. The molecule has 0 spiro atoms. The maximum atomic E-state index is 12.2. The number of anilines is 2. The van der Waals surface area contributed by atoms with E-state index in [1.165, 1.54) is 0 Å². The highest BCUT2D eigenvalue weighted by Gasteiger charge is 2.26. The van der Waals surface area contributed by atoms with Gasteiger partial charge in [0.25, 0.3) is 0 Å². The maximum Gasteiger partial charge on any atom is 0.410 e. The Labute approximate surface area is 153 Å². The molecule has 1 aromatic carbocycles. The Morgan fingerprint density at radius 1 is 1.31 bits per heavy atom. The lowest BCUT2D eigenvalue weighted by Gasteiger charge is -2.30. The summed E-state index contributed by atoms with van der Waals surface area (Å²) in [5.74, 6) is 1.30. The second-order valence-corrected chi connectivity index (χ2v) is 7.17. The molecule has 1 N–H and O–H groups in total. The Bertz CT molecular complexity index is 802. The lowest BCUT2D eigenvalue weighted by Crippen LogP contribution is -2.40. The molecule has 7 nitrogen and oxygen atoms in total. The van der Waals surface area contributed by atoms with E-state index in [1.54, 1.807) is 18.2 Å². The molecule has 1 aliphatic heterocycles. The van der Waals surface area contributed by atoms with Crippen LogP contribution in [-0.4, -0.2) is 40.2 Å². The molecule has 0 saturated heterocycles. The molecule has 0 aliphatic carbocycles. The van der Waals surface area contributed by atoms with E-state index in [0.717, 1.165) is 22.7 Å². The van der Waals surface area contributed by atoms with E-state index in [9.17, 15) is 4.79 Å². The van der Waals surface area contributed by atoms with Crippen molar-refractivity contribution in [3.63, 3.8) is 0 Å². The van der Waals surface area contributed by atoms with Gasteiger partial charge in [-0.15, -0.1) is 0 Å². The number of fused-ring (bicyclic) bond motifs is 1. The van der Waals surface area contributed by atoms with Gasteiger partial charge in [-0.05, 0) is 32.9 Å². The molecule has 1 aliphatic rings. The third kappa shape index (κ3) is 4.41. The van der Waals surface area contributed by atoms with Crippen LogP contribution in [0.5, 0.6) is 5.75 Å². The van der Waals surface area contributed by atoms with Crippen molar-refractivity contribution in [1.29, 1.82) is 0 Å². The molecule has 3 rings (SSSR count). The third-order valence-electron chi connectivity index (χ3n) is 3.91. The van der Waals surface area contributed by atoms with Gasteiger partial charge in [0, 0.05) is 36.5 Å². The van der Waals surface area contributed by atoms with Gasteiger partial charge in [0.2, 0.25) is 5.95 Å². The summed E-state index contributed by atoms with van der Waals surface area (Å²) in [6, 6.07) is 7.59. The number of nitrogens with one attached hydrogen (secondary N) is 1. The number of methoxy groups -OCH3 is 1. The van der Waals surface area contributed by atoms with Gasteiger partial charge in [0.15, 0.2) is 0 Å². The Hall–Kier alpha value is -2.83.